The van der Waals surface area contributed by atoms with Crippen molar-refractivity contribution in [2.75, 3.05) is 18.5 Å². The Morgan fingerprint density at radius 3 is 2.36 bits per heavy atom. The van der Waals surface area contributed by atoms with E-state index in [1.165, 1.54) is 6.07 Å². The first-order valence-corrected chi connectivity index (χ1v) is 10.6. The molecule has 2 rings (SSSR count). The Labute approximate surface area is 190 Å². The number of nitrogens with one attached hydrogen (secondary N) is 1. The van der Waals surface area contributed by atoms with E-state index in [0.29, 0.717) is 17.9 Å². The molecule has 0 atom stereocenters. The lowest BCUT2D eigenvalue weighted by atomic mass is 10.1. The van der Waals surface area contributed by atoms with Gasteiger partial charge in [-0.3, -0.25) is 14.4 Å². The van der Waals surface area contributed by atoms with E-state index in [1.54, 1.807) is 24.3 Å². The second-order valence-corrected chi connectivity index (χ2v) is 7.29. The number of alkyl halides is 3. The number of ketones is 1. The molecule has 2 aromatic carbocycles. The minimum absolute atomic E-state index is 0.0705. The first-order valence-electron chi connectivity index (χ1n) is 10.6. The molecule has 0 unspecified atom stereocenters. The van der Waals surface area contributed by atoms with Gasteiger partial charge in [0.15, 0.2) is 12.4 Å². The number of unbranched alkanes of at least 4 members (excludes halogenated alkanes) is 2. The summed E-state index contributed by atoms with van der Waals surface area (Å²) in [6, 6.07) is 10.7. The molecule has 0 saturated heterocycles. The molecule has 0 heterocycles. The number of hydrogen-bond donors (Lipinski definition) is 1. The van der Waals surface area contributed by atoms with Crippen molar-refractivity contribution in [1.29, 1.82) is 0 Å². The highest BCUT2D eigenvalue weighted by molar-refractivity contribution is 5.98. The average molecular weight is 465 g/mol. The zero-order valence-electron chi connectivity index (χ0n) is 18.2. The molecular formula is C24H26F3NO5. The van der Waals surface area contributed by atoms with Crippen LogP contribution in [0.2, 0.25) is 0 Å². The molecule has 0 spiro atoms. The van der Waals surface area contributed by atoms with Gasteiger partial charge < -0.3 is 14.8 Å². The van der Waals surface area contributed by atoms with Crippen molar-refractivity contribution >= 4 is 23.3 Å². The smallest absolute Gasteiger partial charge is 0.416 e. The molecular weight excluding hydrogens is 439 g/mol. The number of carbonyl (C=O) groups excluding carboxylic acids is 3. The number of esters is 1. The van der Waals surface area contributed by atoms with E-state index in [9.17, 15) is 27.6 Å². The lowest BCUT2D eigenvalue weighted by molar-refractivity contribution is -0.147. The Morgan fingerprint density at radius 2 is 1.70 bits per heavy atom. The molecule has 0 aromatic heterocycles. The highest BCUT2D eigenvalue weighted by Gasteiger charge is 2.30. The van der Waals surface area contributed by atoms with Gasteiger partial charge in [0, 0.05) is 17.7 Å². The van der Waals surface area contributed by atoms with Gasteiger partial charge in [-0.15, -0.1) is 0 Å². The third-order valence-electron chi connectivity index (χ3n) is 4.59. The van der Waals surface area contributed by atoms with Gasteiger partial charge >= 0.3 is 12.1 Å². The molecule has 0 aliphatic carbocycles. The van der Waals surface area contributed by atoms with Crippen molar-refractivity contribution in [3.8, 4) is 5.75 Å². The predicted octanol–water partition coefficient (Wildman–Crippen LogP) is 5.42. The fourth-order valence-corrected chi connectivity index (χ4v) is 2.83. The van der Waals surface area contributed by atoms with Gasteiger partial charge in [0.1, 0.15) is 5.75 Å². The first-order chi connectivity index (χ1) is 15.7. The number of ether oxygens (including phenoxy) is 2. The van der Waals surface area contributed by atoms with Crippen LogP contribution in [0.15, 0.2) is 48.5 Å². The Balaban J connectivity index is 1.72. The summed E-state index contributed by atoms with van der Waals surface area (Å²) in [7, 11) is 0. The van der Waals surface area contributed by atoms with E-state index in [-0.39, 0.29) is 24.3 Å². The van der Waals surface area contributed by atoms with Gasteiger partial charge in [-0.2, -0.15) is 13.2 Å². The van der Waals surface area contributed by atoms with E-state index in [1.807, 2.05) is 0 Å². The highest BCUT2D eigenvalue weighted by Crippen LogP contribution is 2.30. The Morgan fingerprint density at radius 1 is 0.970 bits per heavy atom. The molecule has 0 aliphatic rings. The summed E-state index contributed by atoms with van der Waals surface area (Å²) in [5, 5.41) is 2.23. The number of amides is 1. The van der Waals surface area contributed by atoms with E-state index < -0.39 is 30.2 Å². The number of anilines is 1. The predicted molar refractivity (Wildman–Crippen MR) is 116 cm³/mol. The minimum atomic E-state index is -4.54. The van der Waals surface area contributed by atoms with Gasteiger partial charge in [0.2, 0.25) is 0 Å². The summed E-state index contributed by atoms with van der Waals surface area (Å²) >= 11 is 0. The molecule has 1 N–H and O–H groups in total. The molecule has 0 radical (unpaired) electrons. The van der Waals surface area contributed by atoms with Gasteiger partial charge in [0.05, 0.1) is 18.6 Å². The molecule has 9 heteroatoms. The molecule has 0 saturated carbocycles. The van der Waals surface area contributed by atoms with Crippen LogP contribution in [0.5, 0.6) is 5.75 Å². The summed E-state index contributed by atoms with van der Waals surface area (Å²) in [5.74, 6) is -1.16. The van der Waals surface area contributed by atoms with Crippen LogP contribution >= 0.6 is 0 Å². The highest BCUT2D eigenvalue weighted by atomic mass is 19.4. The third-order valence-corrected chi connectivity index (χ3v) is 4.59. The van der Waals surface area contributed by atoms with Crippen molar-refractivity contribution in [3.05, 3.63) is 59.7 Å². The van der Waals surface area contributed by atoms with Gasteiger partial charge in [-0.25, -0.2) is 0 Å². The van der Waals surface area contributed by atoms with Gasteiger partial charge in [0.25, 0.3) is 5.91 Å². The van der Waals surface area contributed by atoms with Crippen molar-refractivity contribution in [2.45, 2.75) is 45.2 Å². The fraction of sp³-hybridized carbons (Fsp3) is 0.375. The number of carbonyl (C=O) groups is 3. The monoisotopic (exact) mass is 465 g/mol. The van der Waals surface area contributed by atoms with Crippen molar-refractivity contribution in [1.82, 2.24) is 0 Å². The molecule has 6 nitrogen and oxygen atoms in total. The third kappa shape index (κ3) is 9.34. The van der Waals surface area contributed by atoms with Crippen molar-refractivity contribution in [3.63, 3.8) is 0 Å². The summed E-state index contributed by atoms with van der Waals surface area (Å²) < 4.78 is 48.5. The minimum Gasteiger partial charge on any atom is -0.494 e. The largest absolute Gasteiger partial charge is 0.494 e. The maximum atomic E-state index is 12.7. The van der Waals surface area contributed by atoms with Crippen molar-refractivity contribution < 1.29 is 37.0 Å². The maximum Gasteiger partial charge on any atom is 0.416 e. The Hall–Kier alpha value is -3.36. The molecule has 0 bridgehead atoms. The Bertz CT molecular complexity index is 942. The van der Waals surface area contributed by atoms with Crippen LogP contribution in [0.3, 0.4) is 0 Å². The van der Waals surface area contributed by atoms with Crippen LogP contribution in [-0.4, -0.2) is 30.9 Å². The number of hydrogen-bond acceptors (Lipinski definition) is 5. The number of rotatable bonds is 12. The van der Waals surface area contributed by atoms with Crippen LogP contribution in [0.1, 0.15) is 54.9 Å². The number of Topliss-reactive ketones (excluding diaryl/α,β-unsaturated/α-hetero) is 1. The second-order valence-electron chi connectivity index (χ2n) is 7.29. The van der Waals surface area contributed by atoms with E-state index in [4.69, 9.17) is 9.47 Å². The summed E-state index contributed by atoms with van der Waals surface area (Å²) in [6.45, 7) is 2.04. The zero-order chi connectivity index (χ0) is 24.3. The quantitative estimate of drug-likeness (QED) is 0.257. The van der Waals surface area contributed by atoms with Crippen LogP contribution in [0.4, 0.5) is 18.9 Å². The number of benzene rings is 2. The van der Waals surface area contributed by atoms with Crippen LogP contribution in [0, 0.1) is 0 Å². The molecule has 0 fully saturated rings. The summed E-state index contributed by atoms with van der Waals surface area (Å²) in [6.07, 6.45) is -1.74. The summed E-state index contributed by atoms with van der Waals surface area (Å²) in [4.78, 5) is 35.9. The molecule has 2 aromatic rings. The topological polar surface area (TPSA) is 81.7 Å². The van der Waals surface area contributed by atoms with E-state index in [2.05, 4.69) is 12.2 Å². The average Bonchev–Trinajstić information content (AvgIpc) is 2.79. The lowest BCUT2D eigenvalue weighted by Gasteiger charge is -2.10. The molecule has 1 amide bonds. The SMILES string of the molecule is CCCCCOc1ccc(C(=O)CCC(=O)OCC(=O)Nc2cccc(C(F)(F)F)c2)cc1. The molecule has 0 aliphatic heterocycles. The van der Waals surface area contributed by atoms with E-state index in [0.717, 1.165) is 37.5 Å². The van der Waals surface area contributed by atoms with Crippen LogP contribution in [0.25, 0.3) is 0 Å². The standard InChI is InChI=1S/C24H26F3NO5/c1-2-3-4-14-32-20-10-8-17(9-11-20)21(29)12-13-23(31)33-16-22(30)28-19-7-5-6-18(15-19)24(25,26)27/h5-11,15H,2-4,12-14,16H2,1H3,(H,28,30). The van der Waals surface area contributed by atoms with Crippen LogP contribution < -0.4 is 10.1 Å². The molecule has 33 heavy (non-hydrogen) atoms. The van der Waals surface area contributed by atoms with E-state index >= 15 is 0 Å². The zero-order valence-corrected chi connectivity index (χ0v) is 18.2. The normalized spacial score (nSPS) is 11.0. The molecule has 178 valence electrons. The fourth-order valence-electron chi connectivity index (χ4n) is 2.83. The summed E-state index contributed by atoms with van der Waals surface area (Å²) in [5.41, 5.74) is -0.559. The van der Waals surface area contributed by atoms with Gasteiger partial charge in [-0.05, 0) is 48.9 Å². The lowest BCUT2D eigenvalue weighted by Crippen LogP contribution is -2.21. The maximum absolute atomic E-state index is 12.7. The second kappa shape index (κ2) is 12.6. The number of halogens is 3. The first kappa shape index (κ1) is 25.9. The van der Waals surface area contributed by atoms with Gasteiger partial charge in [-0.1, -0.05) is 25.8 Å². The van der Waals surface area contributed by atoms with Crippen LogP contribution in [-0.2, 0) is 20.5 Å². The van der Waals surface area contributed by atoms with Crippen molar-refractivity contribution in [2.24, 2.45) is 0 Å². The Kier molecular flexibility index (Phi) is 9.90.